The largest absolute Gasteiger partial charge is 0.445 e. The molecule has 0 bridgehead atoms. The normalized spacial score (nSPS) is 12.2. The van der Waals surface area contributed by atoms with Gasteiger partial charge in [0.25, 0.3) is 0 Å². The zero-order valence-electron chi connectivity index (χ0n) is 29.1. The van der Waals surface area contributed by atoms with Crippen LogP contribution in [0.25, 0.3) is 0 Å². The summed E-state index contributed by atoms with van der Waals surface area (Å²) in [5.41, 5.74) is 5.65. The van der Waals surface area contributed by atoms with Crippen molar-refractivity contribution in [2.24, 2.45) is 11.7 Å². The summed E-state index contributed by atoms with van der Waals surface area (Å²) in [7, 11) is 4.77. The molecule has 0 spiro atoms. The molecule has 17 heteroatoms. The minimum Gasteiger partial charge on any atom is -0.445 e. The minimum absolute atomic E-state index is 0.108. The summed E-state index contributed by atoms with van der Waals surface area (Å²) in [6.07, 6.45) is -1.63. The molecule has 1 rings (SSSR count). The predicted octanol–water partition coefficient (Wildman–Crippen LogP) is 1.75. The van der Waals surface area contributed by atoms with E-state index in [1.165, 1.54) is 11.9 Å². The summed E-state index contributed by atoms with van der Waals surface area (Å²) < 4.78 is 15.9. The molecule has 2 atom stereocenters. The van der Waals surface area contributed by atoms with Crippen molar-refractivity contribution < 1.29 is 43.0 Å². The number of alkyl carbamates (subject to hydrolysis) is 2. The van der Waals surface area contributed by atoms with Gasteiger partial charge in [0.05, 0.1) is 0 Å². The highest BCUT2D eigenvalue weighted by Gasteiger charge is 2.30. The van der Waals surface area contributed by atoms with Crippen LogP contribution in [0.1, 0.15) is 58.6 Å². The van der Waals surface area contributed by atoms with Gasteiger partial charge in [-0.15, -0.1) is 0 Å². The number of nitrogens with one attached hydrogen (secondary N) is 6. The zero-order valence-corrected chi connectivity index (χ0v) is 29.1. The Labute approximate surface area is 281 Å². The fourth-order valence-electron chi connectivity index (χ4n) is 4.06. The number of hydrogen-bond acceptors (Lipinski definition) is 10. The Morgan fingerprint density at radius 3 is 2.15 bits per heavy atom. The summed E-state index contributed by atoms with van der Waals surface area (Å²) in [5.74, 6) is -1.56. The molecule has 1 aromatic carbocycles. The molecule has 0 aromatic heterocycles. The van der Waals surface area contributed by atoms with Crippen LogP contribution in [0, 0.1) is 5.92 Å². The van der Waals surface area contributed by atoms with Gasteiger partial charge < -0.3 is 56.7 Å². The summed E-state index contributed by atoms with van der Waals surface area (Å²) in [6, 6.07) is 1.90. The van der Waals surface area contributed by atoms with Gasteiger partial charge in [0.15, 0.2) is 0 Å². The molecule has 0 radical (unpaired) electrons. The van der Waals surface area contributed by atoms with Gasteiger partial charge in [-0.3, -0.25) is 9.59 Å². The van der Waals surface area contributed by atoms with E-state index in [-0.39, 0.29) is 38.5 Å². The van der Waals surface area contributed by atoms with Crippen molar-refractivity contribution in [3.8, 4) is 0 Å². The Bertz CT molecular complexity index is 1250. The van der Waals surface area contributed by atoms with E-state index in [9.17, 15) is 28.8 Å². The number of carbonyl (C=O) groups excluding carboxylic acids is 6. The van der Waals surface area contributed by atoms with Gasteiger partial charge >= 0.3 is 24.3 Å². The number of primary amides is 1. The van der Waals surface area contributed by atoms with E-state index in [1.807, 2.05) is 0 Å². The Morgan fingerprint density at radius 1 is 0.896 bits per heavy atom. The Hall–Kier alpha value is -4.80. The Kier molecular flexibility index (Phi) is 17.6. The van der Waals surface area contributed by atoms with Gasteiger partial charge in [-0.2, -0.15) is 0 Å². The highest BCUT2D eigenvalue weighted by atomic mass is 16.6. The minimum atomic E-state index is -1.09. The van der Waals surface area contributed by atoms with Crippen LogP contribution < -0.4 is 37.6 Å². The second-order valence-electron chi connectivity index (χ2n) is 12.2. The lowest BCUT2D eigenvalue weighted by molar-refractivity contribution is -0.128. The lowest BCUT2D eigenvalue weighted by Gasteiger charge is -2.27. The quantitative estimate of drug-likeness (QED) is 0.0931. The van der Waals surface area contributed by atoms with E-state index in [0.717, 1.165) is 0 Å². The molecule has 0 saturated heterocycles. The van der Waals surface area contributed by atoms with Crippen LogP contribution >= 0.6 is 0 Å². The molecule has 17 nitrogen and oxygen atoms in total. The monoisotopic (exact) mass is 680 g/mol. The van der Waals surface area contributed by atoms with Crippen LogP contribution in [-0.4, -0.2) is 99.5 Å². The van der Waals surface area contributed by atoms with Crippen molar-refractivity contribution in [1.29, 1.82) is 0 Å². The molecule has 0 aliphatic heterocycles. The summed E-state index contributed by atoms with van der Waals surface area (Å²) in [6.45, 7) is 9.37. The zero-order chi connectivity index (χ0) is 36.4. The average Bonchev–Trinajstić information content (AvgIpc) is 3.00. The van der Waals surface area contributed by atoms with E-state index in [2.05, 4.69) is 31.9 Å². The SMILES string of the molecule is CNCCN(C)C(=O)OCc1ccc(NC(=O)C(CCCNC(N)=O)NC(=O)C(NC(=O)OC(C)(C)C)C(C)C)cc1COC(=O)NC. The summed E-state index contributed by atoms with van der Waals surface area (Å²) >= 11 is 0. The molecule has 48 heavy (non-hydrogen) atoms. The topological polar surface area (TPSA) is 232 Å². The van der Waals surface area contributed by atoms with E-state index in [0.29, 0.717) is 29.9 Å². The number of benzene rings is 1. The summed E-state index contributed by atoms with van der Waals surface area (Å²) in [4.78, 5) is 76.1. The first-order chi connectivity index (χ1) is 22.5. The first-order valence-electron chi connectivity index (χ1n) is 15.6. The molecule has 2 unspecified atom stereocenters. The highest BCUT2D eigenvalue weighted by Crippen LogP contribution is 2.20. The van der Waals surface area contributed by atoms with Crippen LogP contribution in [0.2, 0.25) is 0 Å². The maximum Gasteiger partial charge on any atom is 0.409 e. The lowest BCUT2D eigenvalue weighted by Crippen LogP contribution is -2.55. The van der Waals surface area contributed by atoms with Crippen molar-refractivity contribution in [1.82, 2.24) is 31.5 Å². The summed E-state index contributed by atoms with van der Waals surface area (Å²) in [5, 5.41) is 15.8. The number of ether oxygens (including phenoxy) is 3. The number of rotatable bonds is 17. The van der Waals surface area contributed by atoms with Crippen molar-refractivity contribution in [2.75, 3.05) is 46.1 Å². The number of urea groups is 1. The number of carbonyl (C=O) groups is 6. The van der Waals surface area contributed by atoms with Gasteiger partial charge in [0.1, 0.15) is 30.9 Å². The fourth-order valence-corrected chi connectivity index (χ4v) is 4.06. The van der Waals surface area contributed by atoms with Crippen molar-refractivity contribution in [2.45, 2.75) is 78.4 Å². The van der Waals surface area contributed by atoms with Crippen LogP contribution in [0.5, 0.6) is 0 Å². The van der Waals surface area contributed by atoms with Gasteiger partial charge in [0.2, 0.25) is 11.8 Å². The Balaban J connectivity index is 3.21. The lowest BCUT2D eigenvalue weighted by atomic mass is 10.0. The van der Waals surface area contributed by atoms with Crippen molar-refractivity contribution >= 4 is 41.8 Å². The molecule has 0 saturated carbocycles. The first kappa shape index (κ1) is 41.2. The number of likely N-dealkylation sites (N-methyl/N-ethyl adjacent to an activating group) is 2. The molecule has 0 fully saturated rings. The maximum atomic E-state index is 13.5. The molecule has 0 aliphatic rings. The third-order valence-electron chi connectivity index (χ3n) is 6.62. The van der Waals surface area contributed by atoms with Gasteiger partial charge in [-0.1, -0.05) is 19.9 Å². The van der Waals surface area contributed by atoms with Crippen LogP contribution in [0.3, 0.4) is 0 Å². The number of nitrogens with zero attached hydrogens (tertiary/aromatic N) is 1. The molecular weight excluding hydrogens is 628 g/mol. The van der Waals surface area contributed by atoms with Crippen LogP contribution in [-0.2, 0) is 37.0 Å². The van der Waals surface area contributed by atoms with E-state index < -0.39 is 53.8 Å². The fraction of sp³-hybridized carbons (Fsp3) is 0.613. The molecular formula is C31H52N8O9. The third-order valence-corrected chi connectivity index (χ3v) is 6.62. The molecule has 0 heterocycles. The molecule has 270 valence electrons. The highest BCUT2D eigenvalue weighted by molar-refractivity contribution is 5.98. The molecule has 7 amide bonds. The maximum absolute atomic E-state index is 13.5. The number of hydrogen-bond donors (Lipinski definition) is 7. The first-order valence-corrected chi connectivity index (χ1v) is 15.6. The molecule has 0 aliphatic carbocycles. The average molecular weight is 681 g/mol. The van der Waals surface area contributed by atoms with E-state index in [1.54, 1.807) is 66.9 Å². The van der Waals surface area contributed by atoms with Crippen LogP contribution in [0.15, 0.2) is 18.2 Å². The molecule has 8 N–H and O–H groups in total. The Morgan fingerprint density at radius 2 is 1.56 bits per heavy atom. The second kappa shape index (κ2) is 20.4. The van der Waals surface area contributed by atoms with Crippen LogP contribution in [0.4, 0.5) is 24.9 Å². The van der Waals surface area contributed by atoms with Gasteiger partial charge in [0, 0.05) is 39.4 Å². The van der Waals surface area contributed by atoms with E-state index >= 15 is 0 Å². The number of anilines is 1. The smallest absolute Gasteiger partial charge is 0.409 e. The van der Waals surface area contributed by atoms with Crippen molar-refractivity contribution in [3.05, 3.63) is 29.3 Å². The second-order valence-corrected chi connectivity index (χ2v) is 12.2. The standard InChI is InChI=1S/C31H52N8O9/c1-19(2)24(38-29(44)48-31(3,4)5)26(41)37-23(10-9-13-35-27(32)42)25(40)36-22-12-11-20(21(16-22)18-46-28(43)34-7)17-47-30(45)39(8)15-14-33-6/h11-12,16,19,23-24,33H,9-10,13-15,17-18H2,1-8H3,(H,34,43)(H,36,40)(H,37,41)(H,38,44)(H3,32,35,42). The van der Waals surface area contributed by atoms with Gasteiger partial charge in [-0.05, 0) is 69.8 Å². The van der Waals surface area contributed by atoms with Gasteiger partial charge in [-0.25, -0.2) is 19.2 Å². The number of nitrogens with two attached hydrogens (primary N) is 1. The van der Waals surface area contributed by atoms with Crippen molar-refractivity contribution in [3.63, 3.8) is 0 Å². The number of amides is 7. The van der Waals surface area contributed by atoms with E-state index in [4.69, 9.17) is 19.9 Å². The predicted molar refractivity (Wildman–Crippen MR) is 178 cm³/mol. The third kappa shape index (κ3) is 16.2. The molecule has 1 aromatic rings.